The maximum absolute atomic E-state index is 11.4. The van der Waals surface area contributed by atoms with Crippen LogP contribution in [0.1, 0.15) is 6.92 Å². The van der Waals surface area contributed by atoms with E-state index in [4.69, 9.17) is 9.84 Å². The molecule has 1 aliphatic heterocycles. The van der Waals surface area contributed by atoms with Crippen molar-refractivity contribution in [3.05, 3.63) is 0 Å². The summed E-state index contributed by atoms with van der Waals surface area (Å²) >= 11 is 0. The first-order valence-electron chi connectivity index (χ1n) is 5.30. The van der Waals surface area contributed by atoms with Crippen LogP contribution in [-0.2, 0) is 9.53 Å². The second-order valence-electron chi connectivity index (χ2n) is 4.02. The summed E-state index contributed by atoms with van der Waals surface area (Å²) in [7, 11) is 1.57. The third-order valence-electron chi connectivity index (χ3n) is 2.88. The lowest BCUT2D eigenvalue weighted by Crippen LogP contribution is -2.56. The molecule has 1 fully saturated rings. The molecule has 1 atom stereocenters. The number of nitrogens with one attached hydrogen (secondary N) is 1. The van der Waals surface area contributed by atoms with Gasteiger partial charge in [0.25, 0.3) is 0 Å². The van der Waals surface area contributed by atoms with E-state index in [2.05, 4.69) is 5.32 Å². The SMILES string of the molecule is COCCNC(=O)N1CC(C(C)C(=O)O)C1. The molecule has 1 saturated heterocycles. The minimum absolute atomic E-state index is 0.0747. The fraction of sp³-hybridized carbons (Fsp3) is 0.800. The number of aliphatic carboxylic acids is 1. The Morgan fingerprint density at radius 2 is 2.19 bits per heavy atom. The van der Waals surface area contributed by atoms with Crippen LogP contribution >= 0.6 is 0 Å². The summed E-state index contributed by atoms with van der Waals surface area (Å²) in [6.07, 6.45) is 0. The number of methoxy groups -OCH3 is 1. The quantitative estimate of drug-likeness (QED) is 0.651. The molecule has 0 spiro atoms. The van der Waals surface area contributed by atoms with Crippen LogP contribution in [0.2, 0.25) is 0 Å². The van der Waals surface area contributed by atoms with Crippen LogP contribution in [0.5, 0.6) is 0 Å². The number of carbonyl (C=O) groups excluding carboxylic acids is 1. The summed E-state index contributed by atoms with van der Waals surface area (Å²) in [4.78, 5) is 23.7. The second kappa shape index (κ2) is 5.69. The first kappa shape index (κ1) is 12.8. The maximum atomic E-state index is 11.4. The Bertz CT molecular complexity index is 264. The molecule has 0 radical (unpaired) electrons. The number of nitrogens with zero attached hydrogens (tertiary/aromatic N) is 1. The van der Waals surface area contributed by atoms with Crippen molar-refractivity contribution in [1.29, 1.82) is 0 Å². The van der Waals surface area contributed by atoms with E-state index >= 15 is 0 Å². The zero-order valence-corrected chi connectivity index (χ0v) is 9.60. The Kier molecular flexibility index (Phi) is 4.54. The molecule has 0 aliphatic carbocycles. The van der Waals surface area contributed by atoms with Crippen molar-refractivity contribution in [2.75, 3.05) is 33.4 Å². The van der Waals surface area contributed by atoms with Gasteiger partial charge >= 0.3 is 12.0 Å². The highest BCUT2D eigenvalue weighted by Gasteiger charge is 2.36. The Morgan fingerprint density at radius 3 is 2.69 bits per heavy atom. The lowest BCUT2D eigenvalue weighted by molar-refractivity contribution is -0.144. The largest absolute Gasteiger partial charge is 0.481 e. The van der Waals surface area contributed by atoms with Gasteiger partial charge in [-0.25, -0.2) is 4.79 Å². The number of rotatable bonds is 5. The molecular formula is C10H18N2O4. The van der Waals surface area contributed by atoms with E-state index in [9.17, 15) is 9.59 Å². The van der Waals surface area contributed by atoms with Gasteiger partial charge in [-0.2, -0.15) is 0 Å². The van der Waals surface area contributed by atoms with Crippen LogP contribution in [-0.4, -0.2) is 55.4 Å². The monoisotopic (exact) mass is 230 g/mol. The number of likely N-dealkylation sites (tertiary alicyclic amines) is 1. The molecule has 6 nitrogen and oxygen atoms in total. The standard InChI is InChI=1S/C10H18N2O4/c1-7(9(13)14)8-5-12(6-8)10(15)11-3-4-16-2/h7-8H,3-6H2,1-2H3,(H,11,15)(H,13,14). The minimum atomic E-state index is -0.801. The van der Waals surface area contributed by atoms with E-state index in [1.54, 1.807) is 18.9 Å². The third kappa shape index (κ3) is 3.10. The zero-order chi connectivity index (χ0) is 12.1. The van der Waals surface area contributed by atoms with Crippen molar-refractivity contribution in [2.24, 2.45) is 11.8 Å². The van der Waals surface area contributed by atoms with Gasteiger partial charge in [-0.3, -0.25) is 4.79 Å². The van der Waals surface area contributed by atoms with Crippen molar-refractivity contribution >= 4 is 12.0 Å². The van der Waals surface area contributed by atoms with E-state index in [1.165, 1.54) is 0 Å². The summed E-state index contributed by atoms with van der Waals surface area (Å²) in [5, 5.41) is 11.5. The van der Waals surface area contributed by atoms with Gasteiger partial charge in [0.2, 0.25) is 0 Å². The molecular weight excluding hydrogens is 212 g/mol. The highest BCUT2D eigenvalue weighted by atomic mass is 16.5. The lowest BCUT2D eigenvalue weighted by Gasteiger charge is -2.41. The zero-order valence-electron chi connectivity index (χ0n) is 9.60. The second-order valence-corrected chi connectivity index (χ2v) is 4.02. The average Bonchev–Trinajstić information content (AvgIpc) is 2.15. The summed E-state index contributed by atoms with van der Waals surface area (Å²) in [5.41, 5.74) is 0. The molecule has 2 amide bonds. The number of ether oxygens (including phenoxy) is 1. The number of hydrogen-bond acceptors (Lipinski definition) is 3. The first-order valence-corrected chi connectivity index (χ1v) is 5.30. The number of hydrogen-bond donors (Lipinski definition) is 2. The van der Waals surface area contributed by atoms with E-state index < -0.39 is 5.97 Å². The van der Waals surface area contributed by atoms with E-state index in [1.807, 2.05) is 0 Å². The summed E-state index contributed by atoms with van der Waals surface area (Å²) in [5.74, 6) is -1.11. The van der Waals surface area contributed by atoms with Crippen LogP contribution in [0, 0.1) is 11.8 Å². The van der Waals surface area contributed by atoms with Gasteiger partial charge in [0.05, 0.1) is 12.5 Å². The van der Waals surface area contributed by atoms with Gasteiger partial charge < -0.3 is 20.1 Å². The summed E-state index contributed by atoms with van der Waals surface area (Å²) in [6, 6.07) is -0.147. The first-order chi connectivity index (χ1) is 7.56. The molecule has 0 saturated carbocycles. The Hall–Kier alpha value is -1.30. The normalized spacial score (nSPS) is 17.8. The van der Waals surface area contributed by atoms with Crippen LogP contribution in [0.4, 0.5) is 4.79 Å². The predicted octanol–water partition coefficient (Wildman–Crippen LogP) is -0.00510. The van der Waals surface area contributed by atoms with Crippen molar-refractivity contribution in [3.63, 3.8) is 0 Å². The minimum Gasteiger partial charge on any atom is -0.481 e. The van der Waals surface area contributed by atoms with Gasteiger partial charge in [-0.15, -0.1) is 0 Å². The molecule has 6 heteroatoms. The van der Waals surface area contributed by atoms with Gasteiger partial charge in [0, 0.05) is 32.7 Å². The van der Waals surface area contributed by atoms with Crippen molar-refractivity contribution in [1.82, 2.24) is 10.2 Å². The molecule has 0 aromatic heterocycles. The van der Waals surface area contributed by atoms with E-state index in [-0.39, 0.29) is 17.9 Å². The number of carboxylic acid groups (broad SMARTS) is 1. The number of amides is 2. The van der Waals surface area contributed by atoms with Crippen molar-refractivity contribution in [3.8, 4) is 0 Å². The van der Waals surface area contributed by atoms with E-state index in [0.29, 0.717) is 26.2 Å². The Morgan fingerprint density at radius 1 is 1.56 bits per heavy atom. The average molecular weight is 230 g/mol. The smallest absolute Gasteiger partial charge is 0.317 e. The molecule has 0 aromatic carbocycles. The molecule has 92 valence electrons. The van der Waals surface area contributed by atoms with Crippen LogP contribution < -0.4 is 5.32 Å². The predicted molar refractivity (Wildman–Crippen MR) is 57.1 cm³/mol. The molecule has 1 aliphatic rings. The molecule has 0 aromatic rings. The van der Waals surface area contributed by atoms with Crippen molar-refractivity contribution < 1.29 is 19.4 Å². The molecule has 1 heterocycles. The number of urea groups is 1. The Labute approximate surface area is 94.6 Å². The van der Waals surface area contributed by atoms with Gasteiger partial charge in [0.1, 0.15) is 0 Å². The molecule has 16 heavy (non-hydrogen) atoms. The van der Waals surface area contributed by atoms with Crippen molar-refractivity contribution in [2.45, 2.75) is 6.92 Å². The fourth-order valence-electron chi connectivity index (χ4n) is 1.57. The van der Waals surface area contributed by atoms with Crippen LogP contribution in [0.3, 0.4) is 0 Å². The van der Waals surface area contributed by atoms with Gasteiger partial charge in [-0.1, -0.05) is 6.92 Å². The highest BCUT2D eigenvalue weighted by Crippen LogP contribution is 2.23. The maximum Gasteiger partial charge on any atom is 0.317 e. The van der Waals surface area contributed by atoms with Gasteiger partial charge in [0.15, 0.2) is 0 Å². The topological polar surface area (TPSA) is 78.9 Å². The highest BCUT2D eigenvalue weighted by molar-refractivity contribution is 5.76. The van der Waals surface area contributed by atoms with Crippen LogP contribution in [0.25, 0.3) is 0 Å². The fourth-order valence-corrected chi connectivity index (χ4v) is 1.57. The van der Waals surface area contributed by atoms with Gasteiger partial charge in [-0.05, 0) is 0 Å². The number of carbonyl (C=O) groups is 2. The lowest BCUT2D eigenvalue weighted by atomic mass is 9.87. The third-order valence-corrected chi connectivity index (χ3v) is 2.88. The Balaban J connectivity index is 2.20. The van der Waals surface area contributed by atoms with Crippen LogP contribution in [0.15, 0.2) is 0 Å². The molecule has 1 unspecified atom stereocenters. The van der Waals surface area contributed by atoms with E-state index in [0.717, 1.165) is 0 Å². The number of carboxylic acids is 1. The summed E-state index contributed by atoms with van der Waals surface area (Å²) < 4.78 is 4.80. The summed E-state index contributed by atoms with van der Waals surface area (Å²) in [6.45, 7) is 3.67. The molecule has 1 rings (SSSR count). The molecule has 0 bridgehead atoms. The molecule has 2 N–H and O–H groups in total.